The number of carbonyl (C=O) groups excluding carboxylic acids is 1. The first-order valence-corrected chi connectivity index (χ1v) is 13.9. The third-order valence-corrected chi connectivity index (χ3v) is 9.73. The van der Waals surface area contributed by atoms with E-state index in [2.05, 4.69) is 21.6 Å². The summed E-state index contributed by atoms with van der Waals surface area (Å²) in [5, 5.41) is 16.0. The van der Waals surface area contributed by atoms with Gasteiger partial charge in [0.2, 0.25) is 0 Å². The van der Waals surface area contributed by atoms with Gasteiger partial charge in [-0.1, -0.05) is 13.0 Å². The summed E-state index contributed by atoms with van der Waals surface area (Å²) in [5.41, 5.74) is 3.63. The van der Waals surface area contributed by atoms with Gasteiger partial charge in [-0.05, 0) is 42.7 Å². The number of nitrogens with zero attached hydrogens (tertiary/aromatic N) is 3. The Labute approximate surface area is 211 Å². The monoisotopic (exact) mass is 507 g/mol. The highest BCUT2D eigenvalue weighted by molar-refractivity contribution is 7.93. The summed E-state index contributed by atoms with van der Waals surface area (Å²) in [6, 6.07) is 11.0. The summed E-state index contributed by atoms with van der Waals surface area (Å²) in [6.07, 6.45) is 1.99. The summed E-state index contributed by atoms with van der Waals surface area (Å²) < 4.78 is 35.0. The number of sulfonamides is 1. The van der Waals surface area contributed by atoms with Gasteiger partial charge in [0.1, 0.15) is 0 Å². The minimum atomic E-state index is -3.94. The smallest absolute Gasteiger partial charge is 0.264 e. The van der Waals surface area contributed by atoms with Crippen molar-refractivity contribution in [3.8, 4) is 6.07 Å². The van der Waals surface area contributed by atoms with Crippen LogP contribution in [0.1, 0.15) is 46.3 Å². The molecule has 4 aliphatic rings. The highest BCUT2D eigenvalue weighted by Gasteiger charge is 2.39. The Hall–Kier alpha value is -3.13. The maximum Gasteiger partial charge on any atom is 0.264 e. The van der Waals surface area contributed by atoms with Crippen molar-refractivity contribution in [3.63, 3.8) is 0 Å². The summed E-state index contributed by atoms with van der Waals surface area (Å²) in [6.45, 7) is 5.92. The predicted molar refractivity (Wildman–Crippen MR) is 135 cm³/mol. The van der Waals surface area contributed by atoms with Gasteiger partial charge < -0.3 is 15.4 Å². The second-order valence-corrected chi connectivity index (χ2v) is 11.9. The molecule has 188 valence electrons. The van der Waals surface area contributed by atoms with E-state index in [9.17, 15) is 18.5 Å². The maximum atomic E-state index is 14.0. The number of ether oxygens (including phenoxy) is 1. The van der Waals surface area contributed by atoms with Crippen LogP contribution in [0, 0.1) is 11.3 Å². The lowest BCUT2D eigenvalue weighted by Crippen LogP contribution is -2.39. The Morgan fingerprint density at radius 3 is 2.92 bits per heavy atom. The molecule has 2 saturated heterocycles. The van der Waals surface area contributed by atoms with Crippen molar-refractivity contribution in [1.82, 2.24) is 10.2 Å². The molecule has 4 heterocycles. The van der Waals surface area contributed by atoms with Crippen LogP contribution in [0.25, 0.3) is 0 Å². The van der Waals surface area contributed by atoms with E-state index in [-0.39, 0.29) is 16.7 Å². The average molecular weight is 508 g/mol. The zero-order valence-electron chi connectivity index (χ0n) is 20.2. The number of rotatable bonds is 6. The van der Waals surface area contributed by atoms with E-state index in [0.717, 1.165) is 37.4 Å². The Bertz CT molecular complexity index is 1390. The SMILES string of the molecule is CC1CNC(=O)c2cccc(S(=O)(=O)N3CCc4c(NCCN5C[C@H]6C[C@@H]5CO6)cc(C#N)cc43)c21. The normalized spacial score (nSPS) is 24.8. The molecule has 2 fully saturated rings. The van der Waals surface area contributed by atoms with Crippen molar-refractivity contribution < 1.29 is 17.9 Å². The van der Waals surface area contributed by atoms with Gasteiger partial charge in [-0.2, -0.15) is 5.26 Å². The number of amides is 1. The van der Waals surface area contributed by atoms with Gasteiger partial charge in [0.15, 0.2) is 0 Å². The van der Waals surface area contributed by atoms with E-state index in [4.69, 9.17) is 4.74 Å². The van der Waals surface area contributed by atoms with Gasteiger partial charge >= 0.3 is 0 Å². The van der Waals surface area contributed by atoms with E-state index in [1.54, 1.807) is 24.3 Å². The molecule has 0 spiro atoms. The molecule has 0 saturated carbocycles. The largest absolute Gasteiger partial charge is 0.383 e. The van der Waals surface area contributed by atoms with Gasteiger partial charge in [0, 0.05) is 61.5 Å². The number of carbonyl (C=O) groups is 1. The molecular formula is C26H29N5O4S. The first-order chi connectivity index (χ1) is 17.4. The number of fused-ring (bicyclic) bond motifs is 4. The molecule has 2 aromatic rings. The summed E-state index contributed by atoms with van der Waals surface area (Å²) >= 11 is 0. The molecule has 4 aliphatic heterocycles. The second kappa shape index (κ2) is 8.76. The lowest BCUT2D eigenvalue weighted by atomic mass is 9.92. The van der Waals surface area contributed by atoms with Crippen molar-refractivity contribution in [2.75, 3.05) is 49.0 Å². The topological polar surface area (TPSA) is 115 Å². The van der Waals surface area contributed by atoms with Crippen molar-refractivity contribution in [1.29, 1.82) is 5.26 Å². The van der Waals surface area contributed by atoms with Crippen LogP contribution in [0.5, 0.6) is 0 Å². The molecule has 36 heavy (non-hydrogen) atoms. The number of morpholine rings is 1. The van der Waals surface area contributed by atoms with Gasteiger partial charge in [-0.3, -0.25) is 14.0 Å². The first kappa shape index (κ1) is 23.3. The van der Waals surface area contributed by atoms with Crippen LogP contribution in [0.4, 0.5) is 11.4 Å². The molecule has 9 nitrogen and oxygen atoms in total. The lowest BCUT2D eigenvalue weighted by Gasteiger charge is -2.28. The average Bonchev–Trinajstić information content (AvgIpc) is 3.62. The number of hydrogen-bond acceptors (Lipinski definition) is 7. The molecule has 3 atom stereocenters. The Morgan fingerprint density at radius 1 is 1.31 bits per heavy atom. The molecule has 2 bridgehead atoms. The fourth-order valence-electron chi connectivity index (χ4n) is 6.07. The number of likely N-dealkylation sites (tertiary alicyclic amines) is 1. The van der Waals surface area contributed by atoms with E-state index in [0.29, 0.717) is 60.6 Å². The molecule has 10 heteroatoms. The van der Waals surface area contributed by atoms with Crippen LogP contribution >= 0.6 is 0 Å². The summed E-state index contributed by atoms with van der Waals surface area (Å²) in [7, 11) is -3.94. The van der Waals surface area contributed by atoms with Crippen LogP contribution in [-0.4, -0.2) is 70.7 Å². The number of nitrogens with one attached hydrogen (secondary N) is 2. The molecule has 0 aliphatic carbocycles. The molecule has 2 aromatic carbocycles. The van der Waals surface area contributed by atoms with Gasteiger partial charge in [-0.15, -0.1) is 0 Å². The number of anilines is 2. The summed E-state index contributed by atoms with van der Waals surface area (Å²) in [4.78, 5) is 15.0. The van der Waals surface area contributed by atoms with Crippen LogP contribution in [0.2, 0.25) is 0 Å². The number of nitriles is 1. The van der Waals surface area contributed by atoms with E-state index < -0.39 is 10.0 Å². The molecule has 1 amide bonds. The standard InChI is InChI=1S/C26H29N5O4S/c1-16-13-29-26(32)21-3-2-4-24(25(16)21)36(33,34)31-7-5-20-22(9-17(12-27)10-23(20)31)28-6-8-30-14-19-11-18(30)15-35-19/h2-4,9-10,16,18-19,28H,5-8,11,13-15H2,1H3,(H,29,32)/t16?,18-,19-/m1/s1. The van der Waals surface area contributed by atoms with Crippen molar-refractivity contribution >= 4 is 27.3 Å². The van der Waals surface area contributed by atoms with E-state index in [1.165, 1.54) is 4.31 Å². The van der Waals surface area contributed by atoms with Crippen LogP contribution in [-0.2, 0) is 21.2 Å². The Kier molecular flexibility index (Phi) is 5.67. The highest BCUT2D eigenvalue weighted by Crippen LogP contribution is 2.40. The molecule has 1 unspecified atom stereocenters. The Morgan fingerprint density at radius 2 is 2.17 bits per heavy atom. The van der Waals surface area contributed by atoms with E-state index >= 15 is 0 Å². The predicted octanol–water partition coefficient (Wildman–Crippen LogP) is 2.04. The molecule has 0 radical (unpaired) electrons. The maximum absolute atomic E-state index is 14.0. The zero-order valence-corrected chi connectivity index (χ0v) is 21.0. The minimum Gasteiger partial charge on any atom is -0.383 e. The number of hydrogen-bond donors (Lipinski definition) is 2. The molecule has 2 N–H and O–H groups in total. The molecule has 6 rings (SSSR count). The van der Waals surface area contributed by atoms with Gasteiger partial charge in [0.25, 0.3) is 15.9 Å². The van der Waals surface area contributed by atoms with Crippen molar-refractivity contribution in [2.24, 2.45) is 0 Å². The van der Waals surface area contributed by atoms with E-state index in [1.807, 2.05) is 13.0 Å². The van der Waals surface area contributed by atoms with Crippen molar-refractivity contribution in [2.45, 2.75) is 42.7 Å². The fourth-order valence-corrected chi connectivity index (χ4v) is 7.90. The molecule has 0 aromatic heterocycles. The van der Waals surface area contributed by atoms with Crippen molar-refractivity contribution in [3.05, 3.63) is 52.6 Å². The van der Waals surface area contributed by atoms with Crippen LogP contribution in [0.3, 0.4) is 0 Å². The molecular weight excluding hydrogens is 478 g/mol. The Balaban J connectivity index is 1.30. The minimum absolute atomic E-state index is 0.125. The zero-order chi connectivity index (χ0) is 25.0. The third kappa shape index (κ3) is 3.74. The first-order valence-electron chi connectivity index (χ1n) is 12.5. The number of benzene rings is 2. The van der Waals surface area contributed by atoms with Gasteiger partial charge in [-0.25, -0.2) is 8.42 Å². The van der Waals surface area contributed by atoms with Crippen LogP contribution < -0.4 is 14.9 Å². The third-order valence-electron chi connectivity index (χ3n) is 7.86. The fraction of sp³-hybridized carbons (Fsp3) is 0.462. The summed E-state index contributed by atoms with van der Waals surface area (Å²) in [5.74, 6) is -0.377. The lowest BCUT2D eigenvalue weighted by molar-refractivity contribution is 0.0324. The second-order valence-electron chi connectivity index (χ2n) is 10.1. The quantitative estimate of drug-likeness (QED) is 0.615. The van der Waals surface area contributed by atoms with Gasteiger partial charge in [0.05, 0.1) is 34.9 Å². The van der Waals surface area contributed by atoms with Crippen LogP contribution in [0.15, 0.2) is 35.2 Å². The highest BCUT2D eigenvalue weighted by atomic mass is 32.2.